The number of nitrogens with one attached hydrogen (secondary N) is 1. The number of rotatable bonds is 5. The van der Waals surface area contributed by atoms with Crippen LogP contribution in [0.4, 0.5) is 5.82 Å². The van der Waals surface area contributed by atoms with Crippen LogP contribution in [0.5, 0.6) is 5.88 Å². The number of pyridine rings is 1. The first-order valence-electron chi connectivity index (χ1n) is 8.11. The molecule has 1 unspecified atom stereocenters. The van der Waals surface area contributed by atoms with E-state index in [1.807, 2.05) is 19.1 Å². The van der Waals surface area contributed by atoms with Crippen LogP contribution in [0.15, 0.2) is 18.2 Å². The fourth-order valence-electron chi connectivity index (χ4n) is 2.73. The molecule has 0 bridgehead atoms. The van der Waals surface area contributed by atoms with E-state index in [0.717, 1.165) is 24.8 Å². The summed E-state index contributed by atoms with van der Waals surface area (Å²) in [6, 6.07) is 6.58. The van der Waals surface area contributed by atoms with Gasteiger partial charge in [-0.2, -0.15) is 4.98 Å². The molecular weight excluding hydrogens is 262 g/mol. The smallest absolute Gasteiger partial charge is 0.215 e. The third-order valence-corrected chi connectivity index (χ3v) is 3.79. The van der Waals surface area contributed by atoms with Crippen molar-refractivity contribution in [1.82, 2.24) is 10.3 Å². The van der Waals surface area contributed by atoms with Crippen molar-refractivity contribution < 1.29 is 4.74 Å². The first-order chi connectivity index (χ1) is 9.99. The Bertz CT molecular complexity index is 442. The predicted octanol–water partition coefficient (Wildman–Crippen LogP) is 3.23. The molecule has 4 nitrogen and oxygen atoms in total. The summed E-state index contributed by atoms with van der Waals surface area (Å²) >= 11 is 0. The topological polar surface area (TPSA) is 37.4 Å². The Balaban J connectivity index is 2.08. The zero-order valence-electron chi connectivity index (χ0n) is 13.9. The zero-order valence-corrected chi connectivity index (χ0v) is 13.9. The maximum absolute atomic E-state index is 5.53. The largest absolute Gasteiger partial charge is 0.478 e. The number of ether oxygens (including phenoxy) is 1. The van der Waals surface area contributed by atoms with Gasteiger partial charge in [-0.25, -0.2) is 0 Å². The van der Waals surface area contributed by atoms with Crippen molar-refractivity contribution in [3.8, 4) is 5.88 Å². The molecular formula is C17H29N3O. The molecule has 0 radical (unpaired) electrons. The molecule has 0 aromatic carbocycles. The van der Waals surface area contributed by atoms with Gasteiger partial charge in [-0.15, -0.1) is 0 Å². The van der Waals surface area contributed by atoms with Crippen molar-refractivity contribution in [2.45, 2.75) is 58.5 Å². The molecule has 118 valence electrons. The molecule has 1 atom stereocenters. The first-order valence-corrected chi connectivity index (χ1v) is 8.11. The average Bonchev–Trinajstić information content (AvgIpc) is 2.45. The van der Waals surface area contributed by atoms with E-state index in [0.29, 0.717) is 12.6 Å². The standard InChI is InChI=1S/C17H29N3O/c1-5-21-16-11-8-10-15(19-16)20-12-7-6-9-14(20)13-18-17(2,3)4/h8,10-11,14,18H,5-7,9,12-13H2,1-4H3. The highest BCUT2D eigenvalue weighted by molar-refractivity contribution is 5.42. The Morgan fingerprint density at radius 2 is 2.14 bits per heavy atom. The lowest BCUT2D eigenvalue weighted by Crippen LogP contribution is -2.50. The maximum Gasteiger partial charge on any atom is 0.215 e. The Hall–Kier alpha value is -1.29. The number of hydrogen-bond acceptors (Lipinski definition) is 4. The van der Waals surface area contributed by atoms with Gasteiger partial charge in [-0.1, -0.05) is 6.07 Å². The highest BCUT2D eigenvalue weighted by Crippen LogP contribution is 2.25. The van der Waals surface area contributed by atoms with Gasteiger partial charge < -0.3 is 15.0 Å². The van der Waals surface area contributed by atoms with Crippen LogP contribution in [-0.4, -0.2) is 36.3 Å². The van der Waals surface area contributed by atoms with E-state index in [4.69, 9.17) is 4.74 Å². The molecule has 1 aromatic rings. The molecule has 1 aliphatic rings. The number of nitrogens with zero attached hydrogens (tertiary/aromatic N) is 2. The van der Waals surface area contributed by atoms with E-state index >= 15 is 0 Å². The molecule has 1 aromatic heterocycles. The SMILES string of the molecule is CCOc1cccc(N2CCCCC2CNC(C)(C)C)n1. The van der Waals surface area contributed by atoms with Crippen molar-refractivity contribution in [1.29, 1.82) is 0 Å². The van der Waals surface area contributed by atoms with E-state index in [1.165, 1.54) is 19.3 Å². The summed E-state index contributed by atoms with van der Waals surface area (Å²) in [5.74, 6) is 1.77. The normalized spacial score (nSPS) is 19.6. The first kappa shape index (κ1) is 16.1. The molecule has 21 heavy (non-hydrogen) atoms. The molecule has 0 aliphatic carbocycles. The van der Waals surface area contributed by atoms with Gasteiger partial charge in [-0.05, 0) is 53.0 Å². The Kier molecular flexibility index (Phi) is 5.45. The summed E-state index contributed by atoms with van der Waals surface area (Å²) in [7, 11) is 0. The fourth-order valence-corrected chi connectivity index (χ4v) is 2.73. The Morgan fingerprint density at radius 3 is 2.86 bits per heavy atom. The summed E-state index contributed by atoms with van der Waals surface area (Å²) in [5.41, 5.74) is 0.156. The summed E-state index contributed by atoms with van der Waals surface area (Å²) in [6.45, 7) is 11.4. The zero-order chi connectivity index (χ0) is 15.3. The molecule has 0 amide bonds. The van der Waals surface area contributed by atoms with Gasteiger partial charge in [-0.3, -0.25) is 0 Å². The molecule has 2 heterocycles. The second-order valence-corrected chi connectivity index (χ2v) is 6.74. The minimum absolute atomic E-state index is 0.156. The molecule has 4 heteroatoms. The van der Waals surface area contributed by atoms with Crippen LogP contribution < -0.4 is 15.0 Å². The van der Waals surface area contributed by atoms with Crippen molar-refractivity contribution in [3.05, 3.63) is 18.2 Å². The van der Waals surface area contributed by atoms with Crippen LogP contribution in [-0.2, 0) is 0 Å². The van der Waals surface area contributed by atoms with Crippen LogP contribution in [0.25, 0.3) is 0 Å². The lowest BCUT2D eigenvalue weighted by Gasteiger charge is -2.38. The minimum atomic E-state index is 0.156. The van der Waals surface area contributed by atoms with E-state index < -0.39 is 0 Å². The number of hydrogen-bond donors (Lipinski definition) is 1. The van der Waals surface area contributed by atoms with Crippen molar-refractivity contribution in [3.63, 3.8) is 0 Å². The summed E-state index contributed by atoms with van der Waals surface area (Å²) in [6.07, 6.45) is 3.77. The van der Waals surface area contributed by atoms with Gasteiger partial charge >= 0.3 is 0 Å². The molecule has 1 aliphatic heterocycles. The number of piperidine rings is 1. The van der Waals surface area contributed by atoms with Crippen LogP contribution in [0.3, 0.4) is 0 Å². The van der Waals surface area contributed by atoms with Crippen molar-refractivity contribution >= 4 is 5.82 Å². The Morgan fingerprint density at radius 1 is 1.33 bits per heavy atom. The quantitative estimate of drug-likeness (QED) is 0.904. The third kappa shape index (κ3) is 4.88. The van der Waals surface area contributed by atoms with Gasteiger partial charge in [0.15, 0.2) is 0 Å². The lowest BCUT2D eigenvalue weighted by molar-refractivity contribution is 0.325. The fraction of sp³-hybridized carbons (Fsp3) is 0.706. The number of anilines is 1. The van der Waals surface area contributed by atoms with Crippen LogP contribution in [0.1, 0.15) is 47.0 Å². The van der Waals surface area contributed by atoms with E-state index in [1.54, 1.807) is 0 Å². The van der Waals surface area contributed by atoms with Crippen LogP contribution in [0.2, 0.25) is 0 Å². The molecule has 1 saturated heterocycles. The second kappa shape index (κ2) is 7.12. The van der Waals surface area contributed by atoms with Crippen LogP contribution >= 0.6 is 0 Å². The van der Waals surface area contributed by atoms with Gasteiger partial charge in [0.2, 0.25) is 5.88 Å². The molecule has 0 spiro atoms. The maximum atomic E-state index is 5.53. The Labute approximate surface area is 128 Å². The van der Waals surface area contributed by atoms with Gasteiger partial charge in [0.05, 0.1) is 6.61 Å². The summed E-state index contributed by atoms with van der Waals surface area (Å²) < 4.78 is 5.53. The average molecular weight is 291 g/mol. The monoisotopic (exact) mass is 291 g/mol. The second-order valence-electron chi connectivity index (χ2n) is 6.74. The minimum Gasteiger partial charge on any atom is -0.478 e. The van der Waals surface area contributed by atoms with E-state index in [2.05, 4.69) is 42.0 Å². The molecule has 2 rings (SSSR count). The summed E-state index contributed by atoms with van der Waals surface area (Å²) in [5, 5.41) is 3.63. The number of aromatic nitrogens is 1. The molecule has 0 saturated carbocycles. The summed E-state index contributed by atoms with van der Waals surface area (Å²) in [4.78, 5) is 7.09. The predicted molar refractivity (Wildman–Crippen MR) is 88.1 cm³/mol. The van der Waals surface area contributed by atoms with Gasteiger partial charge in [0.1, 0.15) is 5.82 Å². The third-order valence-electron chi connectivity index (χ3n) is 3.79. The highest BCUT2D eigenvalue weighted by atomic mass is 16.5. The van der Waals surface area contributed by atoms with Gasteiger partial charge in [0.25, 0.3) is 0 Å². The van der Waals surface area contributed by atoms with Crippen molar-refractivity contribution in [2.75, 3.05) is 24.6 Å². The van der Waals surface area contributed by atoms with Gasteiger partial charge in [0, 0.05) is 30.7 Å². The molecule has 1 N–H and O–H groups in total. The van der Waals surface area contributed by atoms with Crippen molar-refractivity contribution in [2.24, 2.45) is 0 Å². The van der Waals surface area contributed by atoms with Crippen LogP contribution in [0, 0.1) is 0 Å². The molecule has 1 fully saturated rings. The van der Waals surface area contributed by atoms with E-state index in [9.17, 15) is 0 Å². The van der Waals surface area contributed by atoms with E-state index in [-0.39, 0.29) is 5.54 Å². The lowest BCUT2D eigenvalue weighted by atomic mass is 10.0. The highest BCUT2D eigenvalue weighted by Gasteiger charge is 2.25.